The predicted molar refractivity (Wildman–Crippen MR) is 112 cm³/mol. The van der Waals surface area contributed by atoms with Gasteiger partial charge in [0.1, 0.15) is 11.4 Å². The lowest BCUT2D eigenvalue weighted by molar-refractivity contribution is 0.281. The zero-order valence-electron chi connectivity index (χ0n) is 16.5. The molecular formula is C22H24ClFN2O2. The van der Waals surface area contributed by atoms with Crippen LogP contribution in [-0.4, -0.2) is 25.5 Å². The second-order valence-corrected chi connectivity index (χ2v) is 7.68. The van der Waals surface area contributed by atoms with Crippen LogP contribution in [0.15, 0.2) is 45.6 Å². The van der Waals surface area contributed by atoms with Gasteiger partial charge in [-0.1, -0.05) is 17.7 Å². The summed E-state index contributed by atoms with van der Waals surface area (Å²) < 4.78 is 19.7. The lowest BCUT2D eigenvalue weighted by Crippen LogP contribution is -2.32. The minimum Gasteiger partial charge on any atom is -0.423 e. The van der Waals surface area contributed by atoms with Crippen molar-refractivity contribution in [2.24, 2.45) is 0 Å². The summed E-state index contributed by atoms with van der Waals surface area (Å²) in [6, 6.07) is 9.88. The van der Waals surface area contributed by atoms with E-state index in [4.69, 9.17) is 16.0 Å². The molecule has 0 aliphatic heterocycles. The van der Waals surface area contributed by atoms with Crippen LogP contribution in [0.3, 0.4) is 0 Å². The molecule has 3 rings (SSSR count). The van der Waals surface area contributed by atoms with E-state index in [1.54, 1.807) is 12.1 Å². The Bertz CT molecular complexity index is 1040. The summed E-state index contributed by atoms with van der Waals surface area (Å²) in [5.41, 5.74) is 3.72. The first-order valence-corrected chi connectivity index (χ1v) is 9.50. The maximum absolute atomic E-state index is 14.4. The second kappa shape index (κ2) is 8.43. The molecule has 6 heteroatoms. The van der Waals surface area contributed by atoms with Gasteiger partial charge in [0, 0.05) is 35.1 Å². The molecule has 28 heavy (non-hydrogen) atoms. The van der Waals surface area contributed by atoms with Gasteiger partial charge in [0.25, 0.3) is 0 Å². The Hall–Kier alpha value is -2.21. The summed E-state index contributed by atoms with van der Waals surface area (Å²) >= 11 is 6.25. The van der Waals surface area contributed by atoms with Gasteiger partial charge in [0.15, 0.2) is 0 Å². The van der Waals surface area contributed by atoms with Crippen LogP contribution in [0.4, 0.5) is 4.39 Å². The van der Waals surface area contributed by atoms with Crippen molar-refractivity contribution in [2.45, 2.75) is 26.4 Å². The summed E-state index contributed by atoms with van der Waals surface area (Å²) in [6.07, 6.45) is 0. The Labute approximate surface area is 168 Å². The van der Waals surface area contributed by atoms with Gasteiger partial charge in [-0.05, 0) is 68.9 Å². The number of nitrogens with zero attached hydrogens (tertiary/aromatic N) is 1. The molecule has 0 bridgehead atoms. The zero-order valence-corrected chi connectivity index (χ0v) is 17.2. The van der Waals surface area contributed by atoms with Crippen LogP contribution in [0.25, 0.3) is 11.0 Å². The van der Waals surface area contributed by atoms with E-state index in [2.05, 4.69) is 5.32 Å². The maximum Gasteiger partial charge on any atom is 0.336 e. The molecule has 0 unspecified atom stereocenters. The fourth-order valence-electron chi connectivity index (χ4n) is 3.34. The van der Waals surface area contributed by atoms with Crippen molar-refractivity contribution in [1.82, 2.24) is 10.2 Å². The third-order valence-corrected chi connectivity index (χ3v) is 5.38. The molecule has 0 saturated carbocycles. The van der Waals surface area contributed by atoms with Gasteiger partial charge >= 0.3 is 5.63 Å². The van der Waals surface area contributed by atoms with E-state index in [9.17, 15) is 9.18 Å². The van der Waals surface area contributed by atoms with Crippen LogP contribution >= 0.6 is 11.6 Å². The molecule has 0 aliphatic rings. The minimum absolute atomic E-state index is 0.246. The van der Waals surface area contributed by atoms with Gasteiger partial charge < -0.3 is 14.6 Å². The van der Waals surface area contributed by atoms with Crippen molar-refractivity contribution in [3.05, 3.63) is 79.9 Å². The molecule has 2 aromatic carbocycles. The van der Waals surface area contributed by atoms with Crippen LogP contribution in [0.2, 0.25) is 5.02 Å². The van der Waals surface area contributed by atoms with Gasteiger partial charge in [-0.2, -0.15) is 0 Å². The third-order valence-electron chi connectivity index (χ3n) is 5.05. The van der Waals surface area contributed by atoms with Crippen molar-refractivity contribution in [1.29, 1.82) is 0 Å². The average Bonchev–Trinajstić information content (AvgIpc) is 2.61. The number of fused-ring (bicyclic) bond motifs is 1. The molecule has 1 atom stereocenters. The molecule has 4 nitrogen and oxygen atoms in total. The normalized spacial score (nSPS) is 12.7. The van der Waals surface area contributed by atoms with E-state index in [1.807, 2.05) is 45.0 Å². The quantitative estimate of drug-likeness (QED) is 0.612. The van der Waals surface area contributed by atoms with E-state index in [-0.39, 0.29) is 17.5 Å². The highest BCUT2D eigenvalue weighted by atomic mass is 35.5. The van der Waals surface area contributed by atoms with Crippen LogP contribution in [-0.2, 0) is 6.54 Å². The summed E-state index contributed by atoms with van der Waals surface area (Å²) in [7, 11) is 3.77. The number of hydrogen-bond donors (Lipinski definition) is 1. The third kappa shape index (κ3) is 4.27. The number of likely N-dealkylation sites (N-methyl/N-ethyl adjacent to an activating group) is 1. The predicted octanol–water partition coefficient (Wildman–Crippen LogP) is 4.59. The van der Waals surface area contributed by atoms with Gasteiger partial charge in [-0.3, -0.25) is 0 Å². The molecule has 3 aromatic rings. The molecule has 148 valence electrons. The van der Waals surface area contributed by atoms with Crippen LogP contribution in [0.5, 0.6) is 0 Å². The number of rotatable bonds is 6. The van der Waals surface area contributed by atoms with E-state index in [0.717, 1.165) is 22.1 Å². The first kappa shape index (κ1) is 20.5. The molecule has 0 aliphatic carbocycles. The molecule has 0 fully saturated rings. The average molecular weight is 403 g/mol. The van der Waals surface area contributed by atoms with Crippen molar-refractivity contribution in [2.75, 3.05) is 20.6 Å². The summed E-state index contributed by atoms with van der Waals surface area (Å²) in [4.78, 5) is 13.9. The van der Waals surface area contributed by atoms with Crippen LogP contribution < -0.4 is 10.9 Å². The number of hydrogen-bond acceptors (Lipinski definition) is 4. The van der Waals surface area contributed by atoms with Gasteiger partial charge in [-0.15, -0.1) is 0 Å². The van der Waals surface area contributed by atoms with E-state index in [0.29, 0.717) is 29.3 Å². The molecule has 0 amide bonds. The topological polar surface area (TPSA) is 45.5 Å². The van der Waals surface area contributed by atoms with Gasteiger partial charge in [-0.25, -0.2) is 9.18 Å². The van der Waals surface area contributed by atoms with Crippen molar-refractivity contribution >= 4 is 22.6 Å². The van der Waals surface area contributed by atoms with Gasteiger partial charge in [0.05, 0.1) is 6.04 Å². The zero-order chi connectivity index (χ0) is 20.4. The lowest BCUT2D eigenvalue weighted by Gasteiger charge is -2.26. The number of aryl methyl sites for hydroxylation is 2. The van der Waals surface area contributed by atoms with Crippen molar-refractivity contribution in [3.8, 4) is 0 Å². The lowest BCUT2D eigenvalue weighted by atomic mass is 10.0. The maximum atomic E-state index is 14.4. The van der Waals surface area contributed by atoms with Crippen LogP contribution in [0, 0.1) is 19.7 Å². The first-order valence-electron chi connectivity index (χ1n) is 9.13. The Morgan fingerprint density at radius 2 is 1.89 bits per heavy atom. The highest BCUT2D eigenvalue weighted by molar-refractivity contribution is 6.31. The van der Waals surface area contributed by atoms with Gasteiger partial charge in [0.2, 0.25) is 0 Å². The molecular weight excluding hydrogens is 379 g/mol. The Balaban J connectivity index is 1.85. The monoisotopic (exact) mass is 402 g/mol. The van der Waals surface area contributed by atoms with E-state index >= 15 is 0 Å². The summed E-state index contributed by atoms with van der Waals surface area (Å²) in [5, 5.41) is 4.65. The Morgan fingerprint density at radius 3 is 2.57 bits per heavy atom. The van der Waals surface area contributed by atoms with Crippen molar-refractivity contribution in [3.63, 3.8) is 0 Å². The number of nitrogens with one attached hydrogen (secondary N) is 1. The smallest absolute Gasteiger partial charge is 0.336 e. The minimum atomic E-state index is -0.381. The molecule has 1 heterocycles. The molecule has 1 N–H and O–H groups in total. The highest BCUT2D eigenvalue weighted by Gasteiger charge is 2.21. The highest BCUT2D eigenvalue weighted by Crippen LogP contribution is 2.28. The molecule has 1 aromatic heterocycles. The van der Waals surface area contributed by atoms with E-state index in [1.165, 1.54) is 12.1 Å². The fraction of sp³-hybridized carbons (Fsp3) is 0.318. The Kier molecular flexibility index (Phi) is 6.18. The fourth-order valence-corrected chi connectivity index (χ4v) is 3.63. The SMILES string of the molecule is Cc1cc2oc(=O)cc(CNC[C@H](c3c(F)cccc3Cl)N(C)C)c2cc1C. The summed E-state index contributed by atoms with van der Waals surface area (Å²) in [6.45, 7) is 4.94. The molecule has 0 radical (unpaired) electrons. The standard InChI is InChI=1S/C22H24ClFN2O2/c1-13-8-16-15(10-21(27)28-20(16)9-14(13)2)11-25-12-19(26(3)4)22-17(23)6-5-7-18(22)24/h5-10,19,25H,11-12H2,1-4H3/t19-/m1/s1. The van der Waals surface area contributed by atoms with Crippen LogP contribution in [0.1, 0.15) is 28.3 Å². The first-order chi connectivity index (χ1) is 13.3. The Morgan fingerprint density at radius 1 is 1.18 bits per heavy atom. The molecule has 0 saturated heterocycles. The summed E-state index contributed by atoms with van der Waals surface area (Å²) in [5.74, 6) is -0.329. The van der Waals surface area contributed by atoms with E-state index < -0.39 is 0 Å². The van der Waals surface area contributed by atoms with Crippen molar-refractivity contribution < 1.29 is 8.81 Å². The number of halogens is 2. The second-order valence-electron chi connectivity index (χ2n) is 7.27. The largest absolute Gasteiger partial charge is 0.423 e. The molecule has 0 spiro atoms. The number of benzene rings is 2.